The van der Waals surface area contributed by atoms with Gasteiger partial charge in [-0.2, -0.15) is 0 Å². The van der Waals surface area contributed by atoms with Crippen LogP contribution in [-0.4, -0.2) is 28.7 Å². The van der Waals surface area contributed by atoms with E-state index in [4.69, 9.17) is 0 Å². The van der Waals surface area contributed by atoms with Gasteiger partial charge in [-0.25, -0.2) is 0 Å². The highest BCUT2D eigenvalue weighted by Crippen LogP contribution is 2.64. The summed E-state index contributed by atoms with van der Waals surface area (Å²) >= 11 is 0. The van der Waals surface area contributed by atoms with E-state index in [2.05, 4.69) is 20.8 Å². The van der Waals surface area contributed by atoms with Gasteiger partial charge in [-0.3, -0.25) is 0 Å². The molecule has 2 N–H and O–H groups in total. The van der Waals surface area contributed by atoms with Crippen molar-refractivity contribution in [3.8, 4) is 0 Å². The molecule has 7 atom stereocenters. The summed E-state index contributed by atoms with van der Waals surface area (Å²) in [6.07, 6.45) is 10.2. The summed E-state index contributed by atoms with van der Waals surface area (Å²) in [6.45, 7) is 9.03. The Kier molecular flexibility index (Phi) is 5.90. The van der Waals surface area contributed by atoms with E-state index in [9.17, 15) is 15.0 Å². The van der Waals surface area contributed by atoms with E-state index in [0.29, 0.717) is 23.7 Å². The van der Waals surface area contributed by atoms with Crippen LogP contribution in [0.15, 0.2) is 0 Å². The van der Waals surface area contributed by atoms with Gasteiger partial charge in [-0.15, -0.1) is 0 Å². The molecule has 3 heteroatoms. The number of aldehydes is 1. The molecule has 3 rings (SSSR count). The third-order valence-electron chi connectivity index (χ3n) is 9.08. The van der Waals surface area contributed by atoms with Crippen molar-refractivity contribution in [1.29, 1.82) is 0 Å². The van der Waals surface area contributed by atoms with E-state index in [1.54, 1.807) is 0 Å². The van der Waals surface area contributed by atoms with Crippen LogP contribution in [0.5, 0.6) is 0 Å². The van der Waals surface area contributed by atoms with Crippen molar-refractivity contribution in [2.45, 2.75) is 97.7 Å². The van der Waals surface area contributed by atoms with Crippen LogP contribution in [0.2, 0.25) is 0 Å². The lowest BCUT2D eigenvalue weighted by molar-refractivity contribution is -0.146. The zero-order valence-corrected chi connectivity index (χ0v) is 17.3. The number of aliphatic hydroxyl groups excluding tert-OH is 2. The number of carbonyl (C=O) groups excluding carboxylic acids is 1. The van der Waals surface area contributed by atoms with Crippen LogP contribution in [0.1, 0.15) is 85.5 Å². The van der Waals surface area contributed by atoms with E-state index in [-0.39, 0.29) is 29.0 Å². The molecule has 0 aromatic heterocycles. The Morgan fingerprint density at radius 1 is 1.08 bits per heavy atom. The first-order chi connectivity index (χ1) is 12.3. The van der Waals surface area contributed by atoms with Crippen molar-refractivity contribution in [2.75, 3.05) is 0 Å². The highest BCUT2D eigenvalue weighted by molar-refractivity contribution is 5.54. The lowest BCUT2D eigenvalue weighted by Gasteiger charge is -2.57. The van der Waals surface area contributed by atoms with Gasteiger partial charge in [0.2, 0.25) is 0 Å². The van der Waals surface area contributed by atoms with Crippen molar-refractivity contribution in [3.63, 3.8) is 0 Å². The molecule has 0 saturated heterocycles. The van der Waals surface area contributed by atoms with Crippen molar-refractivity contribution in [2.24, 2.45) is 40.4 Å². The maximum Gasteiger partial charge on any atom is 0.123 e. The van der Waals surface area contributed by atoms with E-state index in [0.717, 1.165) is 51.2 Å². The SMILES string of the molecule is CCCC1C2CC[C@H]([C@H](C)C=O)[C@@]2(C)[C@@H](O)CC1[C@]1(C)CC[C@H](O)CC1. The summed E-state index contributed by atoms with van der Waals surface area (Å²) in [7, 11) is 0. The Labute approximate surface area is 160 Å². The van der Waals surface area contributed by atoms with Gasteiger partial charge < -0.3 is 15.0 Å². The Morgan fingerprint density at radius 2 is 1.73 bits per heavy atom. The highest BCUT2D eigenvalue weighted by Gasteiger charge is 2.61. The molecule has 0 aromatic rings. The predicted molar refractivity (Wildman–Crippen MR) is 105 cm³/mol. The molecule has 3 fully saturated rings. The first-order valence-corrected chi connectivity index (χ1v) is 11.1. The minimum atomic E-state index is -0.302. The fourth-order valence-corrected chi connectivity index (χ4v) is 7.47. The summed E-state index contributed by atoms with van der Waals surface area (Å²) in [5.74, 6) is 2.10. The number of fused-ring (bicyclic) bond motifs is 1. The molecule has 0 radical (unpaired) electrons. The molecule has 3 aliphatic rings. The second-order valence-electron chi connectivity index (χ2n) is 10.3. The van der Waals surface area contributed by atoms with Crippen molar-refractivity contribution < 1.29 is 15.0 Å². The average molecular weight is 365 g/mol. The Hall–Kier alpha value is -0.410. The second kappa shape index (κ2) is 7.54. The first-order valence-electron chi connectivity index (χ1n) is 11.1. The molecule has 3 unspecified atom stereocenters. The van der Waals surface area contributed by atoms with Gasteiger partial charge >= 0.3 is 0 Å². The zero-order valence-electron chi connectivity index (χ0n) is 17.3. The standard InChI is InChI=1S/C23H40O3/c1-5-6-17-19-8-7-18(15(2)14-24)23(19,4)21(26)13-20(17)22(3)11-9-16(25)10-12-22/h14-21,25-26H,5-13H2,1-4H3/t15-,16-,17?,18-,19?,20?,21+,22+,23-/m1/s1. The van der Waals surface area contributed by atoms with Crippen LogP contribution in [0, 0.1) is 40.4 Å². The van der Waals surface area contributed by atoms with Crippen LogP contribution >= 0.6 is 0 Å². The summed E-state index contributed by atoms with van der Waals surface area (Å²) < 4.78 is 0. The fraction of sp³-hybridized carbons (Fsp3) is 0.957. The molecule has 0 spiro atoms. The molecule has 0 bridgehead atoms. The molecule has 150 valence electrons. The number of aliphatic hydroxyl groups is 2. The Bertz CT molecular complexity index is 496. The monoisotopic (exact) mass is 364 g/mol. The number of hydrogen-bond donors (Lipinski definition) is 2. The van der Waals surface area contributed by atoms with Gasteiger partial charge in [-0.1, -0.05) is 40.5 Å². The molecule has 3 aliphatic carbocycles. The summed E-state index contributed by atoms with van der Waals surface area (Å²) in [4.78, 5) is 11.5. The lowest BCUT2D eigenvalue weighted by Crippen LogP contribution is -2.55. The molecule has 3 saturated carbocycles. The van der Waals surface area contributed by atoms with Crippen molar-refractivity contribution >= 4 is 6.29 Å². The topological polar surface area (TPSA) is 57.5 Å². The van der Waals surface area contributed by atoms with Crippen LogP contribution < -0.4 is 0 Å². The molecule has 0 heterocycles. The highest BCUT2D eigenvalue weighted by atomic mass is 16.3. The van der Waals surface area contributed by atoms with Crippen LogP contribution in [-0.2, 0) is 4.79 Å². The molecular weight excluding hydrogens is 324 g/mol. The molecule has 0 aliphatic heterocycles. The minimum Gasteiger partial charge on any atom is -0.393 e. The smallest absolute Gasteiger partial charge is 0.123 e. The molecule has 26 heavy (non-hydrogen) atoms. The third-order valence-corrected chi connectivity index (χ3v) is 9.08. The maximum atomic E-state index is 11.5. The quantitative estimate of drug-likeness (QED) is 0.701. The van der Waals surface area contributed by atoms with E-state index < -0.39 is 0 Å². The Morgan fingerprint density at radius 3 is 2.31 bits per heavy atom. The maximum absolute atomic E-state index is 11.5. The number of rotatable bonds is 5. The Balaban J connectivity index is 1.90. The van der Waals surface area contributed by atoms with Gasteiger partial charge in [-0.05, 0) is 74.0 Å². The van der Waals surface area contributed by atoms with E-state index in [1.807, 2.05) is 6.92 Å². The van der Waals surface area contributed by atoms with Gasteiger partial charge in [0.25, 0.3) is 0 Å². The zero-order chi connectivity index (χ0) is 19.1. The predicted octanol–water partition coefficient (Wildman–Crippen LogP) is 4.59. The van der Waals surface area contributed by atoms with E-state index in [1.165, 1.54) is 12.8 Å². The lowest BCUT2D eigenvalue weighted by atomic mass is 9.48. The van der Waals surface area contributed by atoms with Crippen LogP contribution in [0.4, 0.5) is 0 Å². The minimum absolute atomic E-state index is 0.0406. The number of carbonyl (C=O) groups is 1. The van der Waals surface area contributed by atoms with Gasteiger partial charge in [0.05, 0.1) is 12.2 Å². The largest absolute Gasteiger partial charge is 0.393 e. The van der Waals surface area contributed by atoms with Gasteiger partial charge in [0.15, 0.2) is 0 Å². The summed E-state index contributed by atoms with van der Waals surface area (Å²) in [5.41, 5.74) is 0.136. The third kappa shape index (κ3) is 3.17. The molecular formula is C23H40O3. The summed E-state index contributed by atoms with van der Waals surface area (Å²) in [5, 5.41) is 21.3. The first kappa shape index (κ1) is 20.3. The van der Waals surface area contributed by atoms with Crippen molar-refractivity contribution in [1.82, 2.24) is 0 Å². The summed E-state index contributed by atoms with van der Waals surface area (Å²) in [6, 6.07) is 0. The molecule has 3 nitrogen and oxygen atoms in total. The van der Waals surface area contributed by atoms with Gasteiger partial charge in [0, 0.05) is 11.3 Å². The fourth-order valence-electron chi connectivity index (χ4n) is 7.47. The molecule has 0 amide bonds. The molecule has 0 aromatic carbocycles. The van der Waals surface area contributed by atoms with Crippen molar-refractivity contribution in [3.05, 3.63) is 0 Å². The van der Waals surface area contributed by atoms with Crippen LogP contribution in [0.3, 0.4) is 0 Å². The number of hydrogen-bond acceptors (Lipinski definition) is 3. The van der Waals surface area contributed by atoms with E-state index >= 15 is 0 Å². The van der Waals surface area contributed by atoms with Gasteiger partial charge in [0.1, 0.15) is 6.29 Å². The average Bonchev–Trinajstić information content (AvgIpc) is 2.98. The second-order valence-corrected chi connectivity index (χ2v) is 10.3. The van der Waals surface area contributed by atoms with Crippen LogP contribution in [0.25, 0.3) is 0 Å². The normalized spacial score (nSPS) is 50.2.